The van der Waals surface area contributed by atoms with E-state index in [1.54, 1.807) is 7.11 Å². The molecule has 2 unspecified atom stereocenters. The number of nitrogens with zero attached hydrogens (tertiary/aromatic N) is 1. The molecular formula is C24H30N4O6S2. The molecule has 4 rings (SSSR count). The van der Waals surface area contributed by atoms with Gasteiger partial charge in [0.25, 0.3) is 11.5 Å². The van der Waals surface area contributed by atoms with E-state index in [1.807, 2.05) is 29.6 Å². The van der Waals surface area contributed by atoms with Gasteiger partial charge in [-0.05, 0) is 54.2 Å². The molecule has 0 saturated heterocycles. The van der Waals surface area contributed by atoms with Crippen molar-refractivity contribution in [2.45, 2.75) is 32.4 Å². The number of thiophene rings is 1. The summed E-state index contributed by atoms with van der Waals surface area (Å²) in [5.74, 6) is 0.863. The van der Waals surface area contributed by atoms with Gasteiger partial charge >= 0.3 is 0 Å². The molecule has 12 heteroatoms. The summed E-state index contributed by atoms with van der Waals surface area (Å²) in [6.45, 7) is 1.55. The van der Waals surface area contributed by atoms with Gasteiger partial charge in [0.1, 0.15) is 10.6 Å². The summed E-state index contributed by atoms with van der Waals surface area (Å²) < 4.78 is 36.2. The molecule has 3 aromatic rings. The van der Waals surface area contributed by atoms with Crippen molar-refractivity contribution in [2.75, 3.05) is 26.5 Å². The number of hydrogen-bond donors (Lipinski definition) is 3. The van der Waals surface area contributed by atoms with E-state index < -0.39 is 15.9 Å². The normalized spacial score (nSPS) is 17.9. The van der Waals surface area contributed by atoms with Crippen molar-refractivity contribution in [3.63, 3.8) is 0 Å². The minimum absolute atomic E-state index is 0.0376. The molecule has 1 aliphatic rings. The van der Waals surface area contributed by atoms with E-state index in [-0.39, 0.29) is 24.5 Å². The Labute approximate surface area is 213 Å². The number of sulfonamides is 1. The standard InChI is InChI=1S/C24H30N4O6S2/c1-33-19-5-3-4-15(9-19)10-25-23(30)21-27-22(29)20-18(14-35-24(20)28-21)13-34-12-17-7-6-16(8-17)11-26-36(2,31)32/h3-5,9,14,16-17,26H,6-8,10-13H2,1-2H3,(H,25,30)(H,27,28,29). The molecule has 1 aliphatic carbocycles. The molecule has 1 aromatic carbocycles. The lowest BCUT2D eigenvalue weighted by Crippen LogP contribution is -2.27. The zero-order valence-corrected chi connectivity index (χ0v) is 21.8. The highest BCUT2D eigenvalue weighted by Crippen LogP contribution is 2.31. The van der Waals surface area contributed by atoms with Crippen molar-refractivity contribution in [2.24, 2.45) is 11.8 Å². The van der Waals surface area contributed by atoms with E-state index in [2.05, 4.69) is 20.0 Å². The first-order valence-electron chi connectivity index (χ1n) is 11.7. The molecule has 1 fully saturated rings. The quantitative estimate of drug-likeness (QED) is 0.343. The van der Waals surface area contributed by atoms with Crippen LogP contribution in [0.4, 0.5) is 0 Å². The molecule has 0 spiro atoms. The van der Waals surface area contributed by atoms with Gasteiger partial charge in [0.05, 0.1) is 25.4 Å². The first-order valence-corrected chi connectivity index (χ1v) is 14.4. The van der Waals surface area contributed by atoms with Gasteiger partial charge in [-0.1, -0.05) is 12.1 Å². The molecule has 3 N–H and O–H groups in total. The van der Waals surface area contributed by atoms with E-state index >= 15 is 0 Å². The van der Waals surface area contributed by atoms with Gasteiger partial charge in [0.2, 0.25) is 15.8 Å². The number of rotatable bonds is 11. The average molecular weight is 535 g/mol. The first kappa shape index (κ1) is 26.3. The lowest BCUT2D eigenvalue weighted by molar-refractivity contribution is 0.0885. The highest BCUT2D eigenvalue weighted by molar-refractivity contribution is 7.88. The van der Waals surface area contributed by atoms with Gasteiger partial charge in [-0.2, -0.15) is 0 Å². The number of H-pyrrole nitrogens is 1. The van der Waals surface area contributed by atoms with E-state index in [1.165, 1.54) is 17.6 Å². The van der Waals surface area contributed by atoms with Crippen LogP contribution in [0.3, 0.4) is 0 Å². The highest BCUT2D eigenvalue weighted by Gasteiger charge is 2.25. The Morgan fingerprint density at radius 3 is 2.86 bits per heavy atom. The number of carbonyl (C=O) groups excluding carboxylic acids is 1. The summed E-state index contributed by atoms with van der Waals surface area (Å²) in [7, 11) is -1.60. The zero-order chi connectivity index (χ0) is 25.7. The van der Waals surface area contributed by atoms with Crippen LogP contribution in [-0.2, 0) is 27.9 Å². The molecule has 0 bridgehead atoms. The lowest BCUT2D eigenvalue weighted by atomic mass is 10.1. The van der Waals surface area contributed by atoms with Crippen LogP contribution in [-0.4, -0.2) is 50.8 Å². The molecule has 194 valence electrons. The Bertz CT molecular complexity index is 1380. The van der Waals surface area contributed by atoms with Crippen molar-refractivity contribution in [1.29, 1.82) is 0 Å². The van der Waals surface area contributed by atoms with Gasteiger partial charge in [0, 0.05) is 25.3 Å². The van der Waals surface area contributed by atoms with Gasteiger partial charge in [0.15, 0.2) is 0 Å². The molecule has 36 heavy (non-hydrogen) atoms. The number of methoxy groups -OCH3 is 1. The van der Waals surface area contributed by atoms with Crippen molar-refractivity contribution < 1.29 is 22.7 Å². The van der Waals surface area contributed by atoms with Gasteiger partial charge < -0.3 is 19.8 Å². The molecular weight excluding hydrogens is 504 g/mol. The molecule has 2 aromatic heterocycles. The van der Waals surface area contributed by atoms with Crippen molar-refractivity contribution in [1.82, 2.24) is 20.0 Å². The van der Waals surface area contributed by atoms with Crippen LogP contribution in [0, 0.1) is 11.8 Å². The van der Waals surface area contributed by atoms with E-state index in [9.17, 15) is 18.0 Å². The second kappa shape index (κ2) is 11.5. The summed E-state index contributed by atoms with van der Waals surface area (Å²) in [4.78, 5) is 32.8. The largest absolute Gasteiger partial charge is 0.497 e. The summed E-state index contributed by atoms with van der Waals surface area (Å²) in [5, 5.41) is 5.03. The molecule has 2 heterocycles. The number of benzene rings is 1. The van der Waals surface area contributed by atoms with E-state index in [0.717, 1.165) is 30.4 Å². The number of hydrogen-bond acceptors (Lipinski definition) is 8. The molecule has 0 radical (unpaired) electrons. The highest BCUT2D eigenvalue weighted by atomic mass is 32.2. The van der Waals surface area contributed by atoms with Crippen LogP contribution >= 0.6 is 11.3 Å². The fourth-order valence-corrected chi connectivity index (χ4v) is 5.85. The summed E-state index contributed by atoms with van der Waals surface area (Å²) in [5.41, 5.74) is 1.22. The third-order valence-corrected chi connectivity index (χ3v) is 7.83. The first-order chi connectivity index (χ1) is 17.2. The lowest BCUT2D eigenvalue weighted by Gasteiger charge is -2.12. The number of ether oxygens (including phenoxy) is 2. The predicted molar refractivity (Wildman–Crippen MR) is 138 cm³/mol. The third kappa shape index (κ3) is 6.90. The zero-order valence-electron chi connectivity index (χ0n) is 20.2. The van der Waals surface area contributed by atoms with Crippen LogP contribution in [0.1, 0.15) is 41.0 Å². The Balaban J connectivity index is 1.31. The van der Waals surface area contributed by atoms with Gasteiger partial charge in [-0.3, -0.25) is 9.59 Å². The maximum atomic E-state index is 12.8. The van der Waals surface area contributed by atoms with Crippen molar-refractivity contribution in [3.8, 4) is 5.75 Å². The second-order valence-corrected chi connectivity index (χ2v) is 11.8. The maximum absolute atomic E-state index is 12.8. The summed E-state index contributed by atoms with van der Waals surface area (Å²) in [6.07, 6.45) is 4.02. The fraction of sp³-hybridized carbons (Fsp3) is 0.458. The molecule has 1 amide bonds. The number of aromatic amines is 1. The van der Waals surface area contributed by atoms with E-state index in [4.69, 9.17) is 9.47 Å². The molecule has 1 saturated carbocycles. The van der Waals surface area contributed by atoms with Crippen molar-refractivity contribution in [3.05, 3.63) is 57.0 Å². The monoisotopic (exact) mass is 534 g/mol. The fourth-order valence-electron chi connectivity index (χ4n) is 4.39. The van der Waals surface area contributed by atoms with Gasteiger partial charge in [-0.15, -0.1) is 11.3 Å². The number of amides is 1. The number of aromatic nitrogens is 2. The summed E-state index contributed by atoms with van der Waals surface area (Å²) in [6, 6.07) is 7.35. The SMILES string of the molecule is COc1cccc(CNC(=O)c2nc3scc(COCC4CCC(CNS(C)(=O)=O)C4)c3c(=O)[nH]2)c1. The van der Waals surface area contributed by atoms with Crippen LogP contribution in [0.25, 0.3) is 10.2 Å². The van der Waals surface area contributed by atoms with Crippen LogP contribution in [0.5, 0.6) is 5.75 Å². The Kier molecular flexibility index (Phi) is 8.39. The predicted octanol–water partition coefficient (Wildman–Crippen LogP) is 2.41. The average Bonchev–Trinajstić information content (AvgIpc) is 3.48. The van der Waals surface area contributed by atoms with Crippen LogP contribution in [0.2, 0.25) is 0 Å². The minimum Gasteiger partial charge on any atom is -0.497 e. The second-order valence-electron chi connectivity index (χ2n) is 9.07. The smallest absolute Gasteiger partial charge is 0.287 e. The molecule has 0 aliphatic heterocycles. The Morgan fingerprint density at radius 2 is 2.08 bits per heavy atom. The maximum Gasteiger partial charge on any atom is 0.287 e. The number of nitrogens with one attached hydrogen (secondary N) is 3. The Morgan fingerprint density at radius 1 is 1.28 bits per heavy atom. The van der Waals surface area contributed by atoms with Crippen LogP contribution in [0.15, 0.2) is 34.4 Å². The van der Waals surface area contributed by atoms with E-state index in [0.29, 0.717) is 41.0 Å². The molecule has 2 atom stereocenters. The number of fused-ring (bicyclic) bond motifs is 1. The van der Waals surface area contributed by atoms with Crippen molar-refractivity contribution >= 4 is 37.5 Å². The minimum atomic E-state index is -3.18. The Hall–Kier alpha value is -2.80. The molecule has 10 nitrogen and oxygen atoms in total. The summed E-state index contributed by atoms with van der Waals surface area (Å²) >= 11 is 1.30. The third-order valence-electron chi connectivity index (χ3n) is 6.22. The van der Waals surface area contributed by atoms with Gasteiger partial charge in [-0.25, -0.2) is 18.1 Å². The number of carbonyl (C=O) groups is 1. The topological polar surface area (TPSA) is 139 Å². The van der Waals surface area contributed by atoms with Crippen LogP contribution < -0.4 is 20.3 Å².